The molecule has 3 heteroatoms. The van der Waals surface area contributed by atoms with E-state index in [0.29, 0.717) is 17.5 Å². The van der Waals surface area contributed by atoms with Crippen molar-refractivity contribution < 1.29 is 9.47 Å². The molecule has 0 aromatic rings. The van der Waals surface area contributed by atoms with Crippen LogP contribution in [-0.2, 0) is 9.47 Å². The molecule has 3 unspecified atom stereocenters. The van der Waals surface area contributed by atoms with E-state index in [1.807, 2.05) is 6.92 Å². The zero-order valence-corrected chi connectivity index (χ0v) is 11.1. The van der Waals surface area contributed by atoms with Crippen molar-refractivity contribution in [3.8, 4) is 0 Å². The molecule has 0 aromatic carbocycles. The third kappa shape index (κ3) is 2.71. The van der Waals surface area contributed by atoms with E-state index in [4.69, 9.17) is 9.47 Å². The van der Waals surface area contributed by atoms with Crippen molar-refractivity contribution in [2.24, 2.45) is 5.41 Å². The summed E-state index contributed by atoms with van der Waals surface area (Å²) < 4.78 is 11.2. The molecule has 14 heavy (non-hydrogen) atoms. The first-order valence-corrected chi connectivity index (χ1v) is 6.27. The largest absolute Gasteiger partial charge is 0.379 e. The molecular formula is C11H21BrO2. The molecule has 0 heterocycles. The first-order chi connectivity index (χ1) is 6.48. The second-order valence-electron chi connectivity index (χ2n) is 4.62. The molecule has 0 radical (unpaired) electrons. The fourth-order valence-corrected chi connectivity index (χ4v) is 2.31. The number of halogens is 1. The molecule has 0 saturated heterocycles. The van der Waals surface area contributed by atoms with Gasteiger partial charge >= 0.3 is 0 Å². The predicted octanol–water partition coefficient (Wildman–Crippen LogP) is 2.99. The average molecular weight is 265 g/mol. The van der Waals surface area contributed by atoms with Gasteiger partial charge in [-0.05, 0) is 20.3 Å². The molecule has 0 bridgehead atoms. The van der Waals surface area contributed by atoms with E-state index in [-0.39, 0.29) is 11.5 Å². The zero-order valence-electron chi connectivity index (χ0n) is 9.55. The van der Waals surface area contributed by atoms with Gasteiger partial charge in [-0.1, -0.05) is 29.8 Å². The highest BCUT2D eigenvalue weighted by molar-refractivity contribution is 9.09. The van der Waals surface area contributed by atoms with Crippen LogP contribution in [-0.4, -0.2) is 30.2 Å². The molecule has 1 aliphatic carbocycles. The molecule has 84 valence electrons. The Bertz CT molecular complexity index is 182. The predicted molar refractivity (Wildman–Crippen MR) is 61.9 cm³/mol. The highest BCUT2D eigenvalue weighted by atomic mass is 79.9. The van der Waals surface area contributed by atoms with Crippen LogP contribution >= 0.6 is 15.9 Å². The standard InChI is InChI=1S/C11H21BrO2/c1-5-13-7-8(2)14-10-6-9(12)11(10,3)4/h8-10H,5-7H2,1-4H3. The highest BCUT2D eigenvalue weighted by Crippen LogP contribution is 2.47. The lowest BCUT2D eigenvalue weighted by Gasteiger charge is -2.49. The van der Waals surface area contributed by atoms with Gasteiger partial charge in [-0.25, -0.2) is 0 Å². The minimum atomic E-state index is 0.208. The summed E-state index contributed by atoms with van der Waals surface area (Å²) >= 11 is 3.65. The second kappa shape index (κ2) is 4.95. The van der Waals surface area contributed by atoms with Gasteiger partial charge in [0, 0.05) is 16.8 Å². The van der Waals surface area contributed by atoms with E-state index in [9.17, 15) is 0 Å². The first-order valence-electron chi connectivity index (χ1n) is 5.35. The molecule has 0 amide bonds. The third-order valence-electron chi connectivity index (χ3n) is 3.01. The van der Waals surface area contributed by atoms with Crippen molar-refractivity contribution in [3.63, 3.8) is 0 Å². The normalized spacial score (nSPS) is 32.4. The van der Waals surface area contributed by atoms with Crippen LogP contribution in [0.3, 0.4) is 0 Å². The van der Waals surface area contributed by atoms with Crippen LogP contribution in [0.4, 0.5) is 0 Å². The van der Waals surface area contributed by atoms with Crippen molar-refractivity contribution >= 4 is 15.9 Å². The van der Waals surface area contributed by atoms with Gasteiger partial charge < -0.3 is 9.47 Å². The van der Waals surface area contributed by atoms with E-state index >= 15 is 0 Å². The quantitative estimate of drug-likeness (QED) is 0.711. The molecule has 0 spiro atoms. The molecule has 0 aromatic heterocycles. The third-order valence-corrected chi connectivity index (χ3v) is 4.57. The number of alkyl halides is 1. The molecule has 0 aliphatic heterocycles. The van der Waals surface area contributed by atoms with Crippen molar-refractivity contribution in [2.45, 2.75) is 51.2 Å². The molecule has 0 N–H and O–H groups in total. The van der Waals surface area contributed by atoms with Crippen LogP contribution in [0.2, 0.25) is 0 Å². The van der Waals surface area contributed by atoms with E-state index in [1.54, 1.807) is 0 Å². The van der Waals surface area contributed by atoms with Crippen molar-refractivity contribution in [2.75, 3.05) is 13.2 Å². The van der Waals surface area contributed by atoms with Crippen LogP contribution in [0.25, 0.3) is 0 Å². The Morgan fingerprint density at radius 1 is 1.50 bits per heavy atom. The molecular weight excluding hydrogens is 244 g/mol. The van der Waals surface area contributed by atoms with Gasteiger partial charge in [0.1, 0.15) is 0 Å². The van der Waals surface area contributed by atoms with E-state index < -0.39 is 0 Å². The van der Waals surface area contributed by atoms with Crippen molar-refractivity contribution in [1.29, 1.82) is 0 Å². The minimum Gasteiger partial charge on any atom is -0.379 e. The number of rotatable bonds is 5. The molecule has 3 atom stereocenters. The minimum absolute atomic E-state index is 0.208. The molecule has 1 saturated carbocycles. The summed E-state index contributed by atoms with van der Waals surface area (Å²) in [6.45, 7) is 10.0. The smallest absolute Gasteiger partial charge is 0.0784 e. The summed E-state index contributed by atoms with van der Waals surface area (Å²) in [6.07, 6.45) is 1.70. The maximum Gasteiger partial charge on any atom is 0.0784 e. The van der Waals surface area contributed by atoms with Crippen LogP contribution in [0, 0.1) is 5.41 Å². The second-order valence-corrected chi connectivity index (χ2v) is 5.72. The van der Waals surface area contributed by atoms with E-state index in [2.05, 4.69) is 36.7 Å². The number of hydrogen-bond acceptors (Lipinski definition) is 2. The zero-order chi connectivity index (χ0) is 10.8. The number of ether oxygens (including phenoxy) is 2. The molecule has 1 fully saturated rings. The van der Waals surface area contributed by atoms with Gasteiger partial charge in [-0.2, -0.15) is 0 Å². The van der Waals surface area contributed by atoms with Crippen molar-refractivity contribution in [3.05, 3.63) is 0 Å². The average Bonchev–Trinajstić information content (AvgIpc) is 2.14. The first kappa shape index (κ1) is 12.5. The topological polar surface area (TPSA) is 18.5 Å². The summed E-state index contributed by atoms with van der Waals surface area (Å²) in [5.41, 5.74) is 0.264. The SMILES string of the molecule is CCOCC(C)OC1CC(Br)C1(C)C. The Morgan fingerprint density at radius 2 is 2.14 bits per heavy atom. The van der Waals surface area contributed by atoms with Gasteiger partial charge in [0.05, 0.1) is 18.8 Å². The van der Waals surface area contributed by atoms with Gasteiger partial charge in [0.2, 0.25) is 0 Å². The Balaban J connectivity index is 2.25. The monoisotopic (exact) mass is 264 g/mol. The van der Waals surface area contributed by atoms with E-state index in [0.717, 1.165) is 13.0 Å². The maximum absolute atomic E-state index is 5.92. The Kier molecular flexibility index (Phi) is 4.41. The van der Waals surface area contributed by atoms with E-state index in [1.165, 1.54) is 0 Å². The summed E-state index contributed by atoms with van der Waals surface area (Å²) in [5, 5.41) is 0. The molecule has 1 rings (SSSR count). The van der Waals surface area contributed by atoms with Gasteiger partial charge in [-0.15, -0.1) is 0 Å². The summed E-state index contributed by atoms with van der Waals surface area (Å²) in [6, 6.07) is 0. The van der Waals surface area contributed by atoms with Crippen LogP contribution < -0.4 is 0 Å². The fraction of sp³-hybridized carbons (Fsp3) is 1.00. The summed E-state index contributed by atoms with van der Waals surface area (Å²) in [4.78, 5) is 0.597. The lowest BCUT2D eigenvalue weighted by Crippen LogP contribution is -2.52. The summed E-state index contributed by atoms with van der Waals surface area (Å²) in [7, 11) is 0. The van der Waals surface area contributed by atoms with Crippen LogP contribution in [0.5, 0.6) is 0 Å². The summed E-state index contributed by atoms with van der Waals surface area (Å²) in [5.74, 6) is 0. The van der Waals surface area contributed by atoms with Crippen LogP contribution in [0.1, 0.15) is 34.1 Å². The fourth-order valence-electron chi connectivity index (χ4n) is 1.67. The highest BCUT2D eigenvalue weighted by Gasteiger charge is 2.48. The van der Waals surface area contributed by atoms with Crippen molar-refractivity contribution in [1.82, 2.24) is 0 Å². The molecule has 1 aliphatic rings. The lowest BCUT2D eigenvalue weighted by molar-refractivity contribution is -0.132. The maximum atomic E-state index is 5.92. The Labute approximate surface area is 95.5 Å². The number of hydrogen-bond donors (Lipinski definition) is 0. The Morgan fingerprint density at radius 3 is 2.57 bits per heavy atom. The van der Waals surface area contributed by atoms with Gasteiger partial charge in [-0.3, -0.25) is 0 Å². The lowest BCUT2D eigenvalue weighted by atomic mass is 9.69. The molecule has 2 nitrogen and oxygen atoms in total. The van der Waals surface area contributed by atoms with Crippen LogP contribution in [0.15, 0.2) is 0 Å². The van der Waals surface area contributed by atoms with Gasteiger partial charge in [0.25, 0.3) is 0 Å². The Hall–Kier alpha value is 0.400. The van der Waals surface area contributed by atoms with Gasteiger partial charge in [0.15, 0.2) is 0 Å².